The van der Waals surface area contributed by atoms with Crippen LogP contribution < -0.4 is 11.1 Å². The summed E-state index contributed by atoms with van der Waals surface area (Å²) in [5, 5.41) is 4.30. The monoisotopic (exact) mass is 250 g/mol. The molecule has 1 heterocycles. The molecule has 1 atom stereocenters. The van der Waals surface area contributed by atoms with Crippen molar-refractivity contribution in [2.75, 3.05) is 5.32 Å². The summed E-state index contributed by atoms with van der Waals surface area (Å²) < 4.78 is 13.3. The zero-order valence-electron chi connectivity index (χ0n) is 8.89. The van der Waals surface area contributed by atoms with Crippen molar-refractivity contribution in [3.8, 4) is 0 Å². The fraction of sp³-hybridized carbons (Fsp3) is 0.0833. The van der Waals surface area contributed by atoms with Crippen LogP contribution in [0.3, 0.4) is 0 Å². The highest BCUT2D eigenvalue weighted by Gasteiger charge is 2.17. The summed E-state index contributed by atoms with van der Waals surface area (Å²) in [4.78, 5) is 12.5. The number of rotatable bonds is 3. The first-order valence-electron chi connectivity index (χ1n) is 5.03. The number of amides is 1. The van der Waals surface area contributed by atoms with Crippen LogP contribution in [0.4, 0.5) is 10.1 Å². The molecule has 0 bridgehead atoms. The van der Waals surface area contributed by atoms with E-state index in [4.69, 9.17) is 5.73 Å². The Morgan fingerprint density at radius 3 is 2.71 bits per heavy atom. The lowest BCUT2D eigenvalue weighted by Gasteiger charge is -2.11. The molecule has 2 rings (SSSR count). The van der Waals surface area contributed by atoms with Crippen LogP contribution in [0.1, 0.15) is 10.9 Å². The average Bonchev–Trinajstić information content (AvgIpc) is 2.84. The van der Waals surface area contributed by atoms with Gasteiger partial charge in [0.25, 0.3) is 0 Å². The van der Waals surface area contributed by atoms with Crippen molar-refractivity contribution in [1.82, 2.24) is 0 Å². The molecular formula is C12H11FN2OS. The summed E-state index contributed by atoms with van der Waals surface area (Å²) in [7, 11) is 0. The number of halogens is 1. The van der Waals surface area contributed by atoms with Crippen LogP contribution in [0.25, 0.3) is 0 Å². The minimum Gasteiger partial charge on any atom is -0.322 e. The van der Waals surface area contributed by atoms with Crippen LogP contribution in [0.5, 0.6) is 0 Å². The number of carbonyl (C=O) groups is 1. The third-order valence-corrected chi connectivity index (χ3v) is 3.22. The highest BCUT2D eigenvalue weighted by Crippen LogP contribution is 2.19. The molecular weight excluding hydrogens is 239 g/mol. The predicted octanol–water partition coefficient (Wildman–Crippen LogP) is 2.53. The fourth-order valence-electron chi connectivity index (χ4n) is 1.37. The summed E-state index contributed by atoms with van der Waals surface area (Å²) in [6, 6.07) is 8.81. The van der Waals surface area contributed by atoms with Crippen molar-refractivity contribution in [1.29, 1.82) is 0 Å². The van der Waals surface area contributed by atoms with E-state index in [2.05, 4.69) is 5.32 Å². The Bertz CT molecular complexity index is 513. The molecule has 1 aromatic heterocycles. The SMILES string of the molecule is NC(C(=O)Nc1ccccc1F)c1cccs1. The maximum Gasteiger partial charge on any atom is 0.246 e. The van der Waals surface area contributed by atoms with Crippen LogP contribution in [0.15, 0.2) is 41.8 Å². The molecule has 17 heavy (non-hydrogen) atoms. The van der Waals surface area contributed by atoms with E-state index in [1.807, 2.05) is 11.4 Å². The molecule has 1 amide bonds. The molecule has 0 aliphatic rings. The van der Waals surface area contributed by atoms with Gasteiger partial charge in [0.15, 0.2) is 0 Å². The van der Waals surface area contributed by atoms with Gasteiger partial charge in [-0.15, -0.1) is 11.3 Å². The van der Waals surface area contributed by atoms with Gasteiger partial charge in [-0.3, -0.25) is 4.79 Å². The number of hydrogen-bond acceptors (Lipinski definition) is 3. The summed E-state index contributed by atoms with van der Waals surface area (Å²) in [6.45, 7) is 0. The topological polar surface area (TPSA) is 55.1 Å². The van der Waals surface area contributed by atoms with E-state index in [1.165, 1.54) is 23.5 Å². The van der Waals surface area contributed by atoms with E-state index < -0.39 is 17.8 Å². The lowest BCUT2D eigenvalue weighted by molar-refractivity contribution is -0.117. The molecule has 0 fully saturated rings. The Balaban J connectivity index is 2.10. The molecule has 0 saturated carbocycles. The quantitative estimate of drug-likeness (QED) is 0.879. The van der Waals surface area contributed by atoms with E-state index >= 15 is 0 Å². The third-order valence-electron chi connectivity index (χ3n) is 2.26. The summed E-state index contributed by atoms with van der Waals surface area (Å²) in [5.41, 5.74) is 5.90. The first-order chi connectivity index (χ1) is 8.18. The average molecular weight is 250 g/mol. The Morgan fingerprint density at radius 1 is 1.29 bits per heavy atom. The van der Waals surface area contributed by atoms with Crippen molar-refractivity contribution >= 4 is 22.9 Å². The van der Waals surface area contributed by atoms with Gasteiger partial charge in [-0.1, -0.05) is 18.2 Å². The van der Waals surface area contributed by atoms with Crippen LogP contribution in [0, 0.1) is 5.82 Å². The molecule has 0 saturated heterocycles. The van der Waals surface area contributed by atoms with Crippen molar-refractivity contribution in [2.45, 2.75) is 6.04 Å². The normalized spacial score (nSPS) is 12.1. The van der Waals surface area contributed by atoms with Crippen molar-refractivity contribution in [3.05, 3.63) is 52.5 Å². The zero-order chi connectivity index (χ0) is 12.3. The highest BCUT2D eigenvalue weighted by atomic mass is 32.1. The Kier molecular flexibility index (Phi) is 3.51. The molecule has 3 N–H and O–H groups in total. The highest BCUT2D eigenvalue weighted by molar-refractivity contribution is 7.10. The van der Waals surface area contributed by atoms with Gasteiger partial charge in [0.05, 0.1) is 5.69 Å². The maximum atomic E-state index is 13.3. The fourth-order valence-corrected chi connectivity index (χ4v) is 2.10. The second-order valence-electron chi connectivity index (χ2n) is 3.46. The molecule has 3 nitrogen and oxygen atoms in total. The Morgan fingerprint density at radius 2 is 2.06 bits per heavy atom. The summed E-state index contributed by atoms with van der Waals surface area (Å²) in [5.74, 6) is -0.892. The van der Waals surface area contributed by atoms with E-state index in [9.17, 15) is 9.18 Å². The number of benzene rings is 1. The minimum absolute atomic E-state index is 0.143. The number of anilines is 1. The molecule has 0 spiro atoms. The largest absolute Gasteiger partial charge is 0.322 e. The van der Waals surface area contributed by atoms with Gasteiger partial charge in [0.2, 0.25) is 5.91 Å². The van der Waals surface area contributed by atoms with Crippen LogP contribution in [0.2, 0.25) is 0 Å². The molecule has 88 valence electrons. The lowest BCUT2D eigenvalue weighted by Crippen LogP contribution is -2.27. The first kappa shape index (κ1) is 11.8. The molecule has 0 radical (unpaired) electrons. The second kappa shape index (κ2) is 5.07. The molecule has 2 aromatic rings. The lowest BCUT2D eigenvalue weighted by atomic mass is 10.2. The van der Waals surface area contributed by atoms with Gasteiger partial charge in [0.1, 0.15) is 11.9 Å². The zero-order valence-corrected chi connectivity index (χ0v) is 9.71. The minimum atomic E-state index is -0.769. The van der Waals surface area contributed by atoms with E-state index in [0.29, 0.717) is 0 Å². The maximum absolute atomic E-state index is 13.3. The predicted molar refractivity (Wildman–Crippen MR) is 66.3 cm³/mol. The first-order valence-corrected chi connectivity index (χ1v) is 5.91. The standard InChI is InChI=1S/C12H11FN2OS/c13-8-4-1-2-5-9(8)15-12(16)11(14)10-6-3-7-17-10/h1-7,11H,14H2,(H,15,16). The van der Waals surface area contributed by atoms with Gasteiger partial charge in [-0.2, -0.15) is 0 Å². The van der Waals surface area contributed by atoms with Gasteiger partial charge in [0, 0.05) is 4.88 Å². The third kappa shape index (κ3) is 2.69. The van der Waals surface area contributed by atoms with E-state index in [-0.39, 0.29) is 5.69 Å². The molecule has 0 aliphatic carbocycles. The van der Waals surface area contributed by atoms with Crippen LogP contribution in [-0.4, -0.2) is 5.91 Å². The number of nitrogens with one attached hydrogen (secondary N) is 1. The van der Waals surface area contributed by atoms with E-state index in [1.54, 1.807) is 18.2 Å². The smallest absolute Gasteiger partial charge is 0.246 e. The van der Waals surface area contributed by atoms with E-state index in [0.717, 1.165) is 4.88 Å². The number of hydrogen-bond donors (Lipinski definition) is 2. The van der Waals surface area contributed by atoms with Crippen molar-refractivity contribution < 1.29 is 9.18 Å². The van der Waals surface area contributed by atoms with Crippen LogP contribution in [-0.2, 0) is 4.79 Å². The number of carbonyl (C=O) groups excluding carboxylic acids is 1. The van der Waals surface area contributed by atoms with Gasteiger partial charge in [-0.05, 0) is 23.6 Å². The Labute approximate surface area is 102 Å². The molecule has 5 heteroatoms. The number of para-hydroxylation sites is 1. The van der Waals surface area contributed by atoms with Crippen LogP contribution >= 0.6 is 11.3 Å². The van der Waals surface area contributed by atoms with Crippen molar-refractivity contribution in [3.63, 3.8) is 0 Å². The Hall–Kier alpha value is -1.72. The molecule has 1 unspecified atom stereocenters. The summed E-state index contributed by atoms with van der Waals surface area (Å²) in [6.07, 6.45) is 0. The van der Waals surface area contributed by atoms with Gasteiger partial charge < -0.3 is 11.1 Å². The molecule has 1 aromatic carbocycles. The van der Waals surface area contributed by atoms with Crippen molar-refractivity contribution in [2.24, 2.45) is 5.73 Å². The summed E-state index contributed by atoms with van der Waals surface area (Å²) >= 11 is 1.39. The van der Waals surface area contributed by atoms with Gasteiger partial charge >= 0.3 is 0 Å². The second-order valence-corrected chi connectivity index (χ2v) is 4.44. The number of nitrogens with two attached hydrogens (primary N) is 1. The molecule has 0 aliphatic heterocycles. The number of thiophene rings is 1. The van der Waals surface area contributed by atoms with Gasteiger partial charge in [-0.25, -0.2) is 4.39 Å².